The Morgan fingerprint density at radius 2 is 1.66 bits per heavy atom. The average Bonchev–Trinajstić information content (AvgIpc) is 2.91. The molecule has 35 heavy (non-hydrogen) atoms. The zero-order chi connectivity index (χ0) is 24.2. The molecule has 0 saturated heterocycles. The smallest absolute Gasteiger partial charge is 0.234 e. The lowest BCUT2D eigenvalue weighted by Gasteiger charge is -2.13. The lowest BCUT2D eigenvalue weighted by atomic mass is 10.1. The fourth-order valence-electron chi connectivity index (χ4n) is 3.89. The molecule has 0 aliphatic rings. The van der Waals surface area contributed by atoms with E-state index in [0.29, 0.717) is 23.0 Å². The molecule has 1 amide bonds. The molecule has 0 aliphatic carbocycles. The van der Waals surface area contributed by atoms with Crippen molar-refractivity contribution in [2.24, 2.45) is 0 Å². The third-order valence-corrected chi connectivity index (χ3v) is 6.60. The Kier molecular flexibility index (Phi) is 6.50. The summed E-state index contributed by atoms with van der Waals surface area (Å²) in [5, 5.41) is 6.76. The van der Waals surface area contributed by atoms with Gasteiger partial charge in [0.05, 0.1) is 31.2 Å². The molecule has 4 aromatic carbocycles. The van der Waals surface area contributed by atoms with E-state index in [-0.39, 0.29) is 11.7 Å². The zero-order valence-corrected chi connectivity index (χ0v) is 20.1. The van der Waals surface area contributed by atoms with Crippen molar-refractivity contribution in [3.63, 3.8) is 0 Å². The third kappa shape index (κ3) is 4.76. The monoisotopic (exact) mass is 481 g/mol. The van der Waals surface area contributed by atoms with Crippen LogP contribution in [0.2, 0.25) is 0 Å². The number of carbonyl (C=O) groups is 1. The highest BCUT2D eigenvalue weighted by atomic mass is 32.2. The van der Waals surface area contributed by atoms with Gasteiger partial charge in [-0.05, 0) is 23.6 Å². The fraction of sp³-hybridized carbons (Fsp3) is 0.107. The van der Waals surface area contributed by atoms with E-state index in [0.717, 1.165) is 32.3 Å². The van der Waals surface area contributed by atoms with Gasteiger partial charge in [-0.1, -0.05) is 72.4 Å². The van der Waals surface area contributed by atoms with Crippen LogP contribution in [0, 0.1) is 0 Å². The van der Waals surface area contributed by atoms with Gasteiger partial charge in [0.1, 0.15) is 16.5 Å². The summed E-state index contributed by atoms with van der Waals surface area (Å²) in [5.74, 6) is 1.83. The van der Waals surface area contributed by atoms with Crippen molar-refractivity contribution in [2.75, 3.05) is 25.3 Å². The summed E-state index contributed by atoms with van der Waals surface area (Å²) >= 11 is 1.38. The van der Waals surface area contributed by atoms with Crippen molar-refractivity contribution in [3.8, 4) is 22.9 Å². The second-order valence-electron chi connectivity index (χ2n) is 7.80. The van der Waals surface area contributed by atoms with E-state index in [1.54, 1.807) is 32.4 Å². The molecule has 5 rings (SSSR count). The number of amides is 1. The van der Waals surface area contributed by atoms with Crippen molar-refractivity contribution < 1.29 is 14.3 Å². The topological polar surface area (TPSA) is 73.3 Å². The van der Waals surface area contributed by atoms with E-state index in [2.05, 4.69) is 23.5 Å². The predicted molar refractivity (Wildman–Crippen MR) is 141 cm³/mol. The number of fused-ring (bicyclic) bond motifs is 3. The summed E-state index contributed by atoms with van der Waals surface area (Å²) in [5.41, 5.74) is 2.35. The van der Waals surface area contributed by atoms with Crippen molar-refractivity contribution >= 4 is 45.0 Å². The summed E-state index contributed by atoms with van der Waals surface area (Å²) in [7, 11) is 3.15. The molecule has 0 aliphatic heterocycles. The number of aromatic nitrogens is 2. The molecule has 5 aromatic rings. The van der Waals surface area contributed by atoms with Gasteiger partial charge in [-0.3, -0.25) is 4.79 Å². The van der Waals surface area contributed by atoms with Crippen LogP contribution >= 0.6 is 11.8 Å². The predicted octanol–water partition coefficient (Wildman–Crippen LogP) is 6.20. The van der Waals surface area contributed by atoms with E-state index in [4.69, 9.17) is 19.4 Å². The first-order chi connectivity index (χ1) is 17.2. The molecule has 7 heteroatoms. The Morgan fingerprint density at radius 3 is 2.46 bits per heavy atom. The molecule has 0 radical (unpaired) electrons. The Hall–Kier alpha value is -4.10. The van der Waals surface area contributed by atoms with Gasteiger partial charge < -0.3 is 14.8 Å². The zero-order valence-electron chi connectivity index (χ0n) is 19.3. The molecule has 1 N–H and O–H groups in total. The van der Waals surface area contributed by atoms with E-state index in [1.165, 1.54) is 11.8 Å². The molecule has 0 fully saturated rings. The molecule has 0 atom stereocenters. The summed E-state index contributed by atoms with van der Waals surface area (Å²) in [6.45, 7) is 0. The van der Waals surface area contributed by atoms with Crippen molar-refractivity contribution in [3.05, 3.63) is 84.9 Å². The first-order valence-corrected chi connectivity index (χ1v) is 12.0. The van der Waals surface area contributed by atoms with Crippen LogP contribution < -0.4 is 14.8 Å². The number of anilines is 1. The lowest BCUT2D eigenvalue weighted by Crippen LogP contribution is -2.15. The van der Waals surface area contributed by atoms with Crippen LogP contribution in [0.1, 0.15) is 0 Å². The molecule has 0 bridgehead atoms. The minimum absolute atomic E-state index is 0.171. The van der Waals surface area contributed by atoms with Gasteiger partial charge in [-0.2, -0.15) is 0 Å². The van der Waals surface area contributed by atoms with E-state index in [1.807, 2.05) is 48.5 Å². The fourth-order valence-corrected chi connectivity index (χ4v) is 4.70. The second kappa shape index (κ2) is 10.0. The maximum Gasteiger partial charge on any atom is 0.234 e. The molecule has 0 spiro atoms. The molecule has 0 unspecified atom stereocenters. The summed E-state index contributed by atoms with van der Waals surface area (Å²) in [6.07, 6.45) is 0. The Balaban J connectivity index is 1.49. The lowest BCUT2D eigenvalue weighted by molar-refractivity contribution is -0.113. The standard InChI is InChI=1S/C28H23N3O3S/c1-33-20-13-15-24(34-2)23(16-20)29-25(32)17-35-28-22-14-12-18-8-6-7-11-21(18)26(22)30-27(31-28)19-9-4-3-5-10-19/h3-16H,17H2,1-2H3,(H,29,32). The minimum Gasteiger partial charge on any atom is -0.497 e. The van der Waals surface area contributed by atoms with Crippen LogP contribution in [-0.2, 0) is 4.79 Å². The molecule has 1 aromatic heterocycles. The van der Waals surface area contributed by atoms with Crippen LogP contribution in [0.4, 0.5) is 5.69 Å². The van der Waals surface area contributed by atoms with Gasteiger partial charge in [0.2, 0.25) is 5.91 Å². The Labute approximate surface area is 207 Å². The van der Waals surface area contributed by atoms with Crippen LogP contribution in [0.5, 0.6) is 11.5 Å². The quantitative estimate of drug-likeness (QED) is 0.170. The normalized spacial score (nSPS) is 10.9. The van der Waals surface area contributed by atoms with Gasteiger partial charge in [0, 0.05) is 22.4 Å². The number of carbonyl (C=O) groups excluding carboxylic acids is 1. The highest BCUT2D eigenvalue weighted by Gasteiger charge is 2.15. The molecule has 1 heterocycles. The first kappa shape index (κ1) is 22.7. The largest absolute Gasteiger partial charge is 0.497 e. The number of ether oxygens (including phenoxy) is 2. The van der Waals surface area contributed by atoms with E-state index >= 15 is 0 Å². The van der Waals surface area contributed by atoms with Crippen LogP contribution in [0.3, 0.4) is 0 Å². The molecule has 0 saturated carbocycles. The average molecular weight is 482 g/mol. The first-order valence-electron chi connectivity index (χ1n) is 11.1. The molecule has 174 valence electrons. The number of methoxy groups -OCH3 is 2. The molecular formula is C28H23N3O3S. The summed E-state index contributed by atoms with van der Waals surface area (Å²) < 4.78 is 10.6. The minimum atomic E-state index is -0.171. The highest BCUT2D eigenvalue weighted by Crippen LogP contribution is 2.33. The van der Waals surface area contributed by atoms with Crippen LogP contribution in [-0.4, -0.2) is 35.8 Å². The Bertz CT molecular complexity index is 1520. The van der Waals surface area contributed by atoms with E-state index < -0.39 is 0 Å². The highest BCUT2D eigenvalue weighted by molar-refractivity contribution is 8.00. The van der Waals surface area contributed by atoms with E-state index in [9.17, 15) is 4.79 Å². The number of benzene rings is 4. The van der Waals surface area contributed by atoms with Gasteiger partial charge in [-0.25, -0.2) is 9.97 Å². The van der Waals surface area contributed by atoms with Gasteiger partial charge >= 0.3 is 0 Å². The maximum atomic E-state index is 12.9. The number of hydrogen-bond acceptors (Lipinski definition) is 6. The number of rotatable bonds is 7. The van der Waals surface area contributed by atoms with Crippen molar-refractivity contribution in [1.82, 2.24) is 9.97 Å². The van der Waals surface area contributed by atoms with Crippen molar-refractivity contribution in [2.45, 2.75) is 5.03 Å². The SMILES string of the molecule is COc1ccc(OC)c(NC(=O)CSc2nc(-c3ccccc3)nc3c2ccc2ccccc23)c1. The molecular weight excluding hydrogens is 458 g/mol. The number of nitrogens with one attached hydrogen (secondary N) is 1. The van der Waals surface area contributed by atoms with Gasteiger partial charge in [0.15, 0.2) is 5.82 Å². The molecule has 6 nitrogen and oxygen atoms in total. The number of nitrogens with zero attached hydrogens (tertiary/aromatic N) is 2. The summed E-state index contributed by atoms with van der Waals surface area (Å²) in [4.78, 5) is 22.6. The number of thioether (sulfide) groups is 1. The maximum absolute atomic E-state index is 12.9. The number of hydrogen-bond donors (Lipinski definition) is 1. The van der Waals surface area contributed by atoms with Crippen LogP contribution in [0.15, 0.2) is 90.0 Å². The summed E-state index contributed by atoms with van der Waals surface area (Å²) in [6, 6.07) is 27.4. The van der Waals surface area contributed by atoms with Crippen LogP contribution in [0.25, 0.3) is 33.1 Å². The van der Waals surface area contributed by atoms with Crippen molar-refractivity contribution in [1.29, 1.82) is 0 Å². The second-order valence-corrected chi connectivity index (χ2v) is 8.77. The Morgan fingerprint density at radius 1 is 0.857 bits per heavy atom. The van der Waals surface area contributed by atoms with Gasteiger partial charge in [-0.15, -0.1) is 0 Å². The van der Waals surface area contributed by atoms with Gasteiger partial charge in [0.25, 0.3) is 0 Å². The third-order valence-electron chi connectivity index (χ3n) is 5.61.